The van der Waals surface area contributed by atoms with Gasteiger partial charge in [0.05, 0.1) is 10.5 Å². The van der Waals surface area contributed by atoms with E-state index < -0.39 is 15.8 Å². The molecule has 166 valence electrons. The lowest BCUT2D eigenvalue weighted by Crippen LogP contribution is -2.49. The molecule has 1 saturated heterocycles. The van der Waals surface area contributed by atoms with Crippen LogP contribution in [0.4, 0.5) is 0 Å². The molecule has 0 radical (unpaired) electrons. The lowest BCUT2D eigenvalue weighted by molar-refractivity contribution is -0.136. The summed E-state index contributed by atoms with van der Waals surface area (Å²) in [6, 6.07) is 12.7. The zero-order chi connectivity index (χ0) is 22.6. The molecule has 0 atom stereocenters. The van der Waals surface area contributed by atoms with Crippen molar-refractivity contribution in [1.82, 2.24) is 9.80 Å². The first-order chi connectivity index (χ1) is 14.6. The number of carbonyl (C=O) groups excluding carboxylic acids is 2. The number of benzene rings is 2. The van der Waals surface area contributed by atoms with Crippen molar-refractivity contribution in [3.63, 3.8) is 0 Å². The minimum Gasteiger partial charge on any atom is -0.452 e. The molecule has 1 heterocycles. The third-order valence-electron chi connectivity index (χ3n) is 5.40. The Bertz CT molecular complexity index is 1070. The fourth-order valence-electron chi connectivity index (χ4n) is 3.57. The summed E-state index contributed by atoms with van der Waals surface area (Å²) in [6.45, 7) is 6.90. The number of hydrogen-bond acceptors (Lipinski definition) is 6. The highest BCUT2D eigenvalue weighted by Crippen LogP contribution is 2.17. The van der Waals surface area contributed by atoms with Crippen LogP contribution in [0.1, 0.15) is 27.0 Å². The van der Waals surface area contributed by atoms with Crippen molar-refractivity contribution >= 4 is 21.7 Å². The highest BCUT2D eigenvalue weighted by molar-refractivity contribution is 7.90. The predicted octanol–water partition coefficient (Wildman–Crippen LogP) is 2.21. The summed E-state index contributed by atoms with van der Waals surface area (Å²) in [5.74, 6) is -0.949. The van der Waals surface area contributed by atoms with Crippen molar-refractivity contribution in [3.05, 3.63) is 64.7 Å². The van der Waals surface area contributed by atoms with E-state index in [1.54, 1.807) is 17.9 Å². The van der Waals surface area contributed by atoms with E-state index in [4.69, 9.17) is 4.74 Å². The molecular weight excluding hydrogens is 416 g/mol. The van der Waals surface area contributed by atoms with Crippen LogP contribution < -0.4 is 0 Å². The van der Waals surface area contributed by atoms with Gasteiger partial charge in [-0.05, 0) is 37.1 Å². The summed E-state index contributed by atoms with van der Waals surface area (Å²) in [7, 11) is -3.44. The van der Waals surface area contributed by atoms with Gasteiger partial charge in [0.2, 0.25) is 0 Å². The molecule has 1 fully saturated rings. The van der Waals surface area contributed by atoms with Gasteiger partial charge < -0.3 is 9.64 Å². The number of rotatable bonds is 6. The van der Waals surface area contributed by atoms with Crippen LogP contribution in [0.3, 0.4) is 0 Å². The maximum Gasteiger partial charge on any atom is 0.338 e. The predicted molar refractivity (Wildman–Crippen MR) is 118 cm³/mol. The molecule has 0 aliphatic carbocycles. The van der Waals surface area contributed by atoms with E-state index in [0.29, 0.717) is 18.7 Å². The van der Waals surface area contributed by atoms with Gasteiger partial charge in [-0.15, -0.1) is 0 Å². The maximum atomic E-state index is 12.5. The summed E-state index contributed by atoms with van der Waals surface area (Å²) < 4.78 is 28.7. The second kappa shape index (κ2) is 9.62. The number of piperazine rings is 1. The Morgan fingerprint density at radius 1 is 1.00 bits per heavy atom. The molecule has 1 aliphatic rings. The number of amides is 1. The van der Waals surface area contributed by atoms with Crippen LogP contribution in [0.2, 0.25) is 0 Å². The molecule has 3 rings (SSSR count). The fourth-order valence-corrected chi connectivity index (χ4v) is 4.22. The van der Waals surface area contributed by atoms with E-state index in [2.05, 4.69) is 30.0 Å². The molecule has 2 aromatic carbocycles. The molecule has 2 aromatic rings. The molecule has 0 saturated carbocycles. The molecule has 0 spiro atoms. The monoisotopic (exact) mass is 444 g/mol. The van der Waals surface area contributed by atoms with Gasteiger partial charge in [-0.25, -0.2) is 13.2 Å². The summed E-state index contributed by atoms with van der Waals surface area (Å²) in [6.07, 6.45) is 1.08. The zero-order valence-corrected chi connectivity index (χ0v) is 18.9. The van der Waals surface area contributed by atoms with Crippen LogP contribution in [0.5, 0.6) is 0 Å². The Hall–Kier alpha value is -2.71. The topological polar surface area (TPSA) is 84.0 Å². The minimum absolute atomic E-state index is 0.0427. The largest absolute Gasteiger partial charge is 0.452 e. The van der Waals surface area contributed by atoms with Gasteiger partial charge in [-0.2, -0.15) is 0 Å². The molecule has 0 N–H and O–H groups in total. The van der Waals surface area contributed by atoms with Crippen molar-refractivity contribution in [2.45, 2.75) is 25.3 Å². The lowest BCUT2D eigenvalue weighted by atomic mass is 10.1. The van der Waals surface area contributed by atoms with Gasteiger partial charge >= 0.3 is 5.97 Å². The van der Waals surface area contributed by atoms with E-state index in [1.807, 2.05) is 6.07 Å². The first-order valence-electron chi connectivity index (χ1n) is 10.2. The molecule has 0 aromatic heterocycles. The zero-order valence-electron chi connectivity index (χ0n) is 18.1. The smallest absolute Gasteiger partial charge is 0.338 e. The van der Waals surface area contributed by atoms with Gasteiger partial charge in [0, 0.05) is 39.0 Å². The molecule has 31 heavy (non-hydrogen) atoms. The van der Waals surface area contributed by atoms with E-state index in [-0.39, 0.29) is 23.0 Å². The number of nitrogens with zero attached hydrogens (tertiary/aromatic N) is 2. The highest BCUT2D eigenvalue weighted by Gasteiger charge is 2.23. The molecule has 1 aliphatic heterocycles. The summed E-state index contributed by atoms with van der Waals surface area (Å²) in [5, 5.41) is 0. The van der Waals surface area contributed by atoms with Gasteiger partial charge in [0.15, 0.2) is 16.4 Å². The van der Waals surface area contributed by atoms with Crippen molar-refractivity contribution in [1.29, 1.82) is 0 Å². The summed E-state index contributed by atoms with van der Waals surface area (Å²) >= 11 is 0. The van der Waals surface area contributed by atoms with Gasteiger partial charge in [0.1, 0.15) is 0 Å². The number of esters is 1. The van der Waals surface area contributed by atoms with Crippen molar-refractivity contribution < 1.29 is 22.7 Å². The Morgan fingerprint density at radius 3 is 2.35 bits per heavy atom. The average molecular weight is 445 g/mol. The Morgan fingerprint density at radius 2 is 1.71 bits per heavy atom. The SMILES string of the molecule is Cc1cccc(CN2CCN(C(=O)COC(=O)c3cc(S(C)(=O)=O)ccc3C)CC2)c1. The average Bonchev–Trinajstić information content (AvgIpc) is 2.72. The Kier molecular flexibility index (Phi) is 7.12. The van der Waals surface area contributed by atoms with Crippen molar-refractivity contribution in [3.8, 4) is 0 Å². The third kappa shape index (κ3) is 6.15. The Labute approximate surface area is 183 Å². The number of carbonyl (C=O) groups is 2. The van der Waals surface area contributed by atoms with E-state index in [1.165, 1.54) is 23.3 Å². The second-order valence-corrected chi connectivity index (χ2v) is 9.99. The molecule has 7 nitrogen and oxygen atoms in total. The normalized spacial score (nSPS) is 15.0. The molecule has 8 heteroatoms. The summed E-state index contributed by atoms with van der Waals surface area (Å²) in [4.78, 5) is 28.9. The van der Waals surface area contributed by atoms with Crippen LogP contribution in [0.25, 0.3) is 0 Å². The standard InChI is InChI=1S/C23H28N2O5S/c1-17-5-4-6-19(13-17)15-24-9-11-25(12-10-24)22(26)16-30-23(27)21-14-20(31(3,28)29)8-7-18(21)2/h4-8,13-14H,9-12,15-16H2,1-3H3. The first kappa shape index (κ1) is 23.0. The molecule has 1 amide bonds. The van der Waals surface area contributed by atoms with Gasteiger partial charge in [-0.1, -0.05) is 35.9 Å². The van der Waals surface area contributed by atoms with Gasteiger partial charge in [-0.3, -0.25) is 9.69 Å². The van der Waals surface area contributed by atoms with Crippen LogP contribution in [0, 0.1) is 13.8 Å². The lowest BCUT2D eigenvalue weighted by Gasteiger charge is -2.34. The molecule has 0 unspecified atom stereocenters. The van der Waals surface area contributed by atoms with Crippen LogP contribution in [-0.2, 0) is 25.9 Å². The van der Waals surface area contributed by atoms with E-state index in [0.717, 1.165) is 25.9 Å². The first-order valence-corrected chi connectivity index (χ1v) is 12.1. The maximum absolute atomic E-state index is 12.5. The number of ether oxygens (including phenoxy) is 1. The number of sulfone groups is 1. The third-order valence-corrected chi connectivity index (χ3v) is 6.51. The van der Waals surface area contributed by atoms with Crippen LogP contribution in [-0.4, -0.2) is 69.1 Å². The molecule has 0 bridgehead atoms. The van der Waals surface area contributed by atoms with Crippen molar-refractivity contribution in [2.75, 3.05) is 39.0 Å². The van der Waals surface area contributed by atoms with Crippen LogP contribution in [0.15, 0.2) is 47.4 Å². The number of hydrogen-bond donors (Lipinski definition) is 0. The second-order valence-electron chi connectivity index (χ2n) is 7.97. The van der Waals surface area contributed by atoms with Crippen LogP contribution >= 0.6 is 0 Å². The fraction of sp³-hybridized carbons (Fsp3) is 0.391. The van der Waals surface area contributed by atoms with E-state index >= 15 is 0 Å². The number of aryl methyl sites for hydroxylation is 2. The quantitative estimate of drug-likeness (QED) is 0.635. The Balaban J connectivity index is 1.51. The minimum atomic E-state index is -3.44. The van der Waals surface area contributed by atoms with Gasteiger partial charge in [0.25, 0.3) is 5.91 Å². The van der Waals surface area contributed by atoms with Crippen molar-refractivity contribution in [2.24, 2.45) is 0 Å². The van der Waals surface area contributed by atoms with E-state index in [9.17, 15) is 18.0 Å². The molecular formula is C23H28N2O5S. The summed E-state index contributed by atoms with van der Waals surface area (Å²) in [5.41, 5.74) is 3.22. The highest BCUT2D eigenvalue weighted by atomic mass is 32.2.